The Morgan fingerprint density at radius 2 is 1.81 bits per heavy atom. The molecule has 138 valence electrons. The molecule has 0 bridgehead atoms. The van der Waals surface area contributed by atoms with E-state index in [1.165, 1.54) is 11.3 Å². The molecule has 0 radical (unpaired) electrons. The van der Waals surface area contributed by atoms with Crippen molar-refractivity contribution in [3.8, 4) is 10.4 Å². The molecule has 0 spiro atoms. The third-order valence-electron chi connectivity index (χ3n) is 4.50. The van der Waals surface area contributed by atoms with E-state index in [1.54, 1.807) is 0 Å². The number of nitrogens with one attached hydrogen (secondary N) is 1. The third kappa shape index (κ3) is 4.13. The molecule has 1 amide bonds. The zero-order chi connectivity index (χ0) is 18.6. The lowest BCUT2D eigenvalue weighted by atomic mass is 10.2. The SMILES string of the molecule is Nc1cccc(-c2ccc(C(=O)Nc3ccc(N4CCOCC4)cc3)s2)c1. The summed E-state index contributed by atoms with van der Waals surface area (Å²) < 4.78 is 5.38. The molecule has 6 heteroatoms. The van der Waals surface area contributed by atoms with Crippen LogP contribution in [0.1, 0.15) is 9.67 Å². The van der Waals surface area contributed by atoms with E-state index >= 15 is 0 Å². The maximum absolute atomic E-state index is 12.6. The van der Waals surface area contributed by atoms with Gasteiger partial charge in [0.25, 0.3) is 5.91 Å². The summed E-state index contributed by atoms with van der Waals surface area (Å²) in [5.74, 6) is -0.103. The van der Waals surface area contributed by atoms with E-state index in [9.17, 15) is 4.79 Å². The zero-order valence-electron chi connectivity index (χ0n) is 14.9. The number of amides is 1. The van der Waals surface area contributed by atoms with Crippen LogP contribution in [0.4, 0.5) is 17.1 Å². The summed E-state index contributed by atoms with van der Waals surface area (Å²) in [7, 11) is 0. The first-order valence-corrected chi connectivity index (χ1v) is 9.70. The number of benzene rings is 2. The van der Waals surface area contributed by atoms with Crippen molar-refractivity contribution in [2.75, 3.05) is 42.3 Å². The lowest BCUT2D eigenvalue weighted by Gasteiger charge is -2.28. The highest BCUT2D eigenvalue weighted by molar-refractivity contribution is 7.17. The van der Waals surface area contributed by atoms with Crippen LogP contribution >= 0.6 is 11.3 Å². The quantitative estimate of drug-likeness (QED) is 0.670. The highest BCUT2D eigenvalue weighted by atomic mass is 32.1. The Bertz CT molecular complexity index is 931. The maximum atomic E-state index is 12.6. The molecular formula is C21H21N3O2S. The van der Waals surface area contributed by atoms with Crippen LogP contribution in [-0.2, 0) is 4.74 Å². The Hall–Kier alpha value is -2.83. The normalized spacial score (nSPS) is 14.1. The van der Waals surface area contributed by atoms with E-state index < -0.39 is 0 Å². The summed E-state index contributed by atoms with van der Waals surface area (Å²) in [5, 5.41) is 2.97. The van der Waals surface area contributed by atoms with Gasteiger partial charge in [-0.25, -0.2) is 0 Å². The summed E-state index contributed by atoms with van der Waals surface area (Å²) >= 11 is 1.46. The van der Waals surface area contributed by atoms with Crippen molar-refractivity contribution >= 4 is 34.3 Å². The minimum atomic E-state index is -0.103. The Kier molecular flexibility index (Phi) is 5.09. The van der Waals surface area contributed by atoms with E-state index in [-0.39, 0.29) is 5.91 Å². The highest BCUT2D eigenvalue weighted by Gasteiger charge is 2.13. The van der Waals surface area contributed by atoms with Crippen molar-refractivity contribution in [1.29, 1.82) is 0 Å². The van der Waals surface area contributed by atoms with Gasteiger partial charge < -0.3 is 20.7 Å². The van der Waals surface area contributed by atoms with Gasteiger partial charge in [0.15, 0.2) is 0 Å². The van der Waals surface area contributed by atoms with Crippen molar-refractivity contribution in [3.63, 3.8) is 0 Å². The first kappa shape index (κ1) is 17.6. The molecule has 1 aromatic heterocycles. The van der Waals surface area contributed by atoms with Crippen LogP contribution in [0.15, 0.2) is 60.7 Å². The van der Waals surface area contributed by atoms with E-state index in [0.29, 0.717) is 10.6 Å². The monoisotopic (exact) mass is 379 g/mol. The summed E-state index contributed by atoms with van der Waals surface area (Å²) in [6, 6.07) is 19.4. The number of nitrogen functional groups attached to an aromatic ring is 1. The summed E-state index contributed by atoms with van der Waals surface area (Å²) in [6.45, 7) is 3.31. The minimum Gasteiger partial charge on any atom is -0.399 e. The van der Waals surface area contributed by atoms with Crippen molar-refractivity contribution in [2.45, 2.75) is 0 Å². The van der Waals surface area contributed by atoms with Crippen LogP contribution in [0, 0.1) is 0 Å². The number of carbonyl (C=O) groups is 1. The molecule has 2 aromatic carbocycles. The molecule has 0 saturated carbocycles. The minimum absolute atomic E-state index is 0.103. The Morgan fingerprint density at radius 3 is 2.56 bits per heavy atom. The smallest absolute Gasteiger partial charge is 0.265 e. The van der Waals surface area contributed by atoms with Crippen LogP contribution in [0.3, 0.4) is 0 Å². The molecule has 1 aliphatic rings. The van der Waals surface area contributed by atoms with Crippen molar-refractivity contribution in [1.82, 2.24) is 0 Å². The van der Waals surface area contributed by atoms with Gasteiger partial charge in [0.05, 0.1) is 18.1 Å². The van der Waals surface area contributed by atoms with Gasteiger partial charge in [-0.15, -0.1) is 11.3 Å². The van der Waals surface area contributed by atoms with Crippen molar-refractivity contribution in [2.24, 2.45) is 0 Å². The van der Waals surface area contributed by atoms with Gasteiger partial charge in [0.1, 0.15) is 0 Å². The van der Waals surface area contributed by atoms with Gasteiger partial charge in [-0.1, -0.05) is 12.1 Å². The predicted octanol–water partition coefficient (Wildman–Crippen LogP) is 4.09. The van der Waals surface area contributed by atoms with Crippen molar-refractivity contribution in [3.05, 3.63) is 65.5 Å². The van der Waals surface area contributed by atoms with E-state index in [4.69, 9.17) is 10.5 Å². The lowest BCUT2D eigenvalue weighted by Crippen LogP contribution is -2.36. The fraction of sp³-hybridized carbons (Fsp3) is 0.190. The Labute approximate surface area is 162 Å². The van der Waals surface area contributed by atoms with Gasteiger partial charge in [0, 0.05) is 35.0 Å². The fourth-order valence-corrected chi connectivity index (χ4v) is 3.97. The first-order valence-electron chi connectivity index (χ1n) is 8.89. The number of nitrogens with zero attached hydrogens (tertiary/aromatic N) is 1. The number of ether oxygens (including phenoxy) is 1. The second kappa shape index (κ2) is 7.82. The average Bonchev–Trinajstić information content (AvgIpc) is 3.20. The number of thiophene rings is 1. The molecule has 0 atom stereocenters. The maximum Gasteiger partial charge on any atom is 0.265 e. The van der Waals surface area contributed by atoms with Crippen LogP contribution < -0.4 is 16.0 Å². The molecule has 4 rings (SSSR count). The Morgan fingerprint density at radius 1 is 1.04 bits per heavy atom. The second-order valence-corrected chi connectivity index (χ2v) is 7.47. The number of nitrogens with two attached hydrogens (primary N) is 1. The molecule has 0 aliphatic carbocycles. The van der Waals surface area contributed by atoms with Gasteiger partial charge in [-0.3, -0.25) is 4.79 Å². The number of hydrogen-bond acceptors (Lipinski definition) is 5. The standard InChI is InChI=1S/C21H21N3O2S/c22-16-3-1-2-15(14-16)19-8-9-20(27-19)21(25)23-17-4-6-18(7-5-17)24-10-12-26-13-11-24/h1-9,14H,10-13,22H2,(H,23,25). The molecule has 27 heavy (non-hydrogen) atoms. The molecule has 1 fully saturated rings. The molecule has 1 saturated heterocycles. The zero-order valence-corrected chi connectivity index (χ0v) is 15.7. The van der Waals surface area contributed by atoms with E-state index in [1.807, 2.05) is 60.7 Å². The lowest BCUT2D eigenvalue weighted by molar-refractivity contribution is 0.103. The van der Waals surface area contributed by atoms with Crippen LogP contribution in [0.5, 0.6) is 0 Å². The largest absolute Gasteiger partial charge is 0.399 e. The van der Waals surface area contributed by atoms with E-state index in [0.717, 1.165) is 48.1 Å². The summed E-state index contributed by atoms with van der Waals surface area (Å²) in [6.07, 6.45) is 0. The number of morpholine rings is 1. The molecule has 3 N–H and O–H groups in total. The molecule has 3 aromatic rings. The fourth-order valence-electron chi connectivity index (χ4n) is 3.08. The third-order valence-corrected chi connectivity index (χ3v) is 5.64. The predicted molar refractivity (Wildman–Crippen MR) is 112 cm³/mol. The van der Waals surface area contributed by atoms with Crippen LogP contribution in [0.25, 0.3) is 10.4 Å². The Balaban J connectivity index is 1.43. The summed E-state index contributed by atoms with van der Waals surface area (Å²) in [4.78, 5) is 16.5. The first-order chi connectivity index (χ1) is 13.2. The summed E-state index contributed by atoms with van der Waals surface area (Å²) in [5.41, 5.74) is 9.52. The number of anilines is 3. The van der Waals surface area contributed by atoms with Crippen molar-refractivity contribution < 1.29 is 9.53 Å². The molecular weight excluding hydrogens is 358 g/mol. The topological polar surface area (TPSA) is 67.6 Å². The van der Waals surface area contributed by atoms with Gasteiger partial charge in [-0.2, -0.15) is 0 Å². The average molecular weight is 379 g/mol. The molecule has 2 heterocycles. The highest BCUT2D eigenvalue weighted by Crippen LogP contribution is 2.30. The second-order valence-electron chi connectivity index (χ2n) is 6.39. The van der Waals surface area contributed by atoms with Crippen LogP contribution in [0.2, 0.25) is 0 Å². The molecule has 1 aliphatic heterocycles. The number of hydrogen-bond donors (Lipinski definition) is 2. The van der Waals surface area contributed by atoms with Gasteiger partial charge in [-0.05, 0) is 54.1 Å². The molecule has 5 nitrogen and oxygen atoms in total. The number of rotatable bonds is 4. The van der Waals surface area contributed by atoms with Gasteiger partial charge >= 0.3 is 0 Å². The van der Waals surface area contributed by atoms with Gasteiger partial charge in [0.2, 0.25) is 0 Å². The number of carbonyl (C=O) groups excluding carboxylic acids is 1. The molecule has 0 unspecified atom stereocenters. The van der Waals surface area contributed by atoms with E-state index in [2.05, 4.69) is 10.2 Å². The van der Waals surface area contributed by atoms with Crippen LogP contribution in [-0.4, -0.2) is 32.2 Å².